The molecule has 10 nitrogen and oxygen atoms in total. The molecule has 3 fully saturated rings. The number of carbonyl (C=O) groups is 3. The molecule has 3 aliphatic heterocycles. The molecule has 2 amide bonds. The standard InChI is InChI=1S/C32H35BrN6O4/c1-37-15-23(11-25(18-37)35-27-13-34-38(2)32(43)29(27)33)20-8-6-19(7-9-20)14-39-16-24(17-39)21-4-3-5-22(10-21)26-12-28(40)31(42)36-30(26)41/h3-10,13,23-26,35H,11-12,14-18H2,1-2H3,(H,36,41,42)/t23-,25+,26?/m0/s1. The van der Waals surface area contributed by atoms with Crippen LogP contribution in [0.3, 0.4) is 0 Å². The number of imide groups is 1. The van der Waals surface area contributed by atoms with Gasteiger partial charge in [0.05, 0.1) is 17.8 Å². The maximum atomic E-state index is 12.3. The average Bonchev–Trinajstić information content (AvgIpc) is 2.97. The number of likely N-dealkylation sites (N-methyl/N-ethyl adjacent to an activating group) is 1. The summed E-state index contributed by atoms with van der Waals surface area (Å²) in [5, 5.41) is 9.86. The molecule has 6 rings (SSSR count). The first-order chi connectivity index (χ1) is 20.6. The van der Waals surface area contributed by atoms with Crippen LogP contribution in [0.2, 0.25) is 0 Å². The molecule has 0 saturated carbocycles. The van der Waals surface area contributed by atoms with Gasteiger partial charge in [-0.3, -0.25) is 29.4 Å². The van der Waals surface area contributed by atoms with E-state index in [1.807, 2.05) is 18.2 Å². The first kappa shape index (κ1) is 29.4. The quantitative estimate of drug-likeness (QED) is 0.297. The number of hydrogen-bond donors (Lipinski definition) is 2. The van der Waals surface area contributed by atoms with Crippen molar-refractivity contribution in [3.8, 4) is 0 Å². The molecule has 224 valence electrons. The van der Waals surface area contributed by atoms with Crippen LogP contribution in [-0.4, -0.2) is 76.4 Å². The van der Waals surface area contributed by atoms with Crippen molar-refractivity contribution in [1.82, 2.24) is 24.9 Å². The van der Waals surface area contributed by atoms with E-state index < -0.39 is 23.5 Å². The van der Waals surface area contributed by atoms with Crippen molar-refractivity contribution in [3.05, 3.63) is 91.8 Å². The number of aromatic nitrogens is 2. The summed E-state index contributed by atoms with van der Waals surface area (Å²) in [5.74, 6) is -1.62. The Bertz CT molecular complexity index is 1620. The van der Waals surface area contributed by atoms with Gasteiger partial charge in [0.25, 0.3) is 11.5 Å². The molecule has 3 saturated heterocycles. The second-order valence-electron chi connectivity index (χ2n) is 12.1. The predicted molar refractivity (Wildman–Crippen MR) is 166 cm³/mol. The van der Waals surface area contributed by atoms with Crippen LogP contribution in [0.25, 0.3) is 0 Å². The van der Waals surface area contributed by atoms with E-state index >= 15 is 0 Å². The van der Waals surface area contributed by atoms with E-state index in [4.69, 9.17) is 0 Å². The molecule has 0 aliphatic carbocycles. The van der Waals surface area contributed by atoms with Crippen LogP contribution in [0.1, 0.15) is 52.8 Å². The molecule has 0 spiro atoms. The number of benzene rings is 2. The Labute approximate surface area is 258 Å². The van der Waals surface area contributed by atoms with Crippen LogP contribution >= 0.6 is 15.9 Å². The van der Waals surface area contributed by atoms with E-state index in [1.165, 1.54) is 15.8 Å². The molecule has 3 atom stereocenters. The van der Waals surface area contributed by atoms with Crippen LogP contribution in [0.15, 0.2) is 64.0 Å². The summed E-state index contributed by atoms with van der Waals surface area (Å²) in [5.41, 5.74) is 5.09. The van der Waals surface area contributed by atoms with Crippen molar-refractivity contribution in [2.45, 2.75) is 43.2 Å². The second kappa shape index (κ2) is 12.1. The summed E-state index contributed by atoms with van der Waals surface area (Å²) >= 11 is 3.42. The van der Waals surface area contributed by atoms with Gasteiger partial charge >= 0.3 is 0 Å². The number of aryl methyl sites for hydroxylation is 1. The fourth-order valence-corrected chi connectivity index (χ4v) is 6.97. The zero-order valence-electron chi connectivity index (χ0n) is 24.3. The van der Waals surface area contributed by atoms with E-state index in [2.05, 4.69) is 78.8 Å². The number of nitrogens with zero attached hydrogens (tertiary/aromatic N) is 4. The molecular formula is C32H35BrN6O4. The molecule has 2 aromatic carbocycles. The topological polar surface area (TPSA) is 117 Å². The van der Waals surface area contributed by atoms with Crippen LogP contribution in [-0.2, 0) is 28.0 Å². The zero-order chi connectivity index (χ0) is 30.2. The third-order valence-corrected chi connectivity index (χ3v) is 9.63. The molecular weight excluding hydrogens is 612 g/mol. The Hall–Kier alpha value is -3.67. The Kier molecular flexibility index (Phi) is 8.30. The third kappa shape index (κ3) is 6.34. The van der Waals surface area contributed by atoms with Gasteiger partial charge in [-0.05, 0) is 57.6 Å². The lowest BCUT2D eigenvalue weighted by Crippen LogP contribution is -2.45. The van der Waals surface area contributed by atoms with Crippen LogP contribution in [0.4, 0.5) is 5.69 Å². The van der Waals surface area contributed by atoms with Crippen molar-refractivity contribution in [2.75, 3.05) is 38.5 Å². The normalized spacial score (nSPS) is 23.6. The van der Waals surface area contributed by atoms with Crippen LogP contribution < -0.4 is 16.2 Å². The van der Waals surface area contributed by atoms with Crippen LogP contribution in [0.5, 0.6) is 0 Å². The predicted octanol–water partition coefficient (Wildman–Crippen LogP) is 2.74. The van der Waals surface area contributed by atoms with E-state index in [0.717, 1.165) is 56.0 Å². The summed E-state index contributed by atoms with van der Waals surface area (Å²) in [6.45, 7) is 4.59. The van der Waals surface area contributed by atoms with Gasteiger partial charge in [-0.25, -0.2) is 4.68 Å². The van der Waals surface area contributed by atoms with Gasteiger partial charge in [-0.15, -0.1) is 0 Å². The number of amides is 2. The number of piperidine rings is 2. The fraction of sp³-hybridized carbons (Fsp3) is 0.406. The Balaban J connectivity index is 1.03. The SMILES string of the molecule is CN1C[C@H](Nc2cnn(C)c(=O)c2Br)C[C@H](c2ccc(CN3CC(c4cccc(C5CC(=O)C(=O)NC5=O)c4)C3)cc2)C1. The van der Waals surface area contributed by atoms with E-state index in [-0.39, 0.29) is 18.0 Å². The third-order valence-electron chi connectivity index (χ3n) is 8.87. The molecule has 1 unspecified atom stereocenters. The monoisotopic (exact) mass is 646 g/mol. The number of carbonyl (C=O) groups excluding carboxylic acids is 3. The van der Waals surface area contributed by atoms with E-state index in [0.29, 0.717) is 16.3 Å². The van der Waals surface area contributed by atoms with Crippen molar-refractivity contribution >= 4 is 39.2 Å². The van der Waals surface area contributed by atoms with Gasteiger partial charge in [0.1, 0.15) is 4.47 Å². The molecule has 0 bridgehead atoms. The molecule has 2 N–H and O–H groups in total. The number of nitrogens with one attached hydrogen (secondary N) is 2. The number of anilines is 1. The van der Waals surface area contributed by atoms with E-state index in [9.17, 15) is 19.2 Å². The number of rotatable bonds is 7. The summed E-state index contributed by atoms with van der Waals surface area (Å²) in [6, 6.07) is 17.0. The summed E-state index contributed by atoms with van der Waals surface area (Å²) in [6.07, 6.45) is 2.59. The Morgan fingerprint density at radius 3 is 2.44 bits per heavy atom. The molecule has 43 heavy (non-hydrogen) atoms. The Morgan fingerprint density at radius 1 is 0.930 bits per heavy atom. The lowest BCUT2D eigenvalue weighted by molar-refractivity contribution is -0.145. The molecule has 3 aromatic rings. The minimum atomic E-state index is -0.809. The number of ketones is 1. The van der Waals surface area contributed by atoms with Crippen LogP contribution in [0, 0.1) is 0 Å². The first-order valence-corrected chi connectivity index (χ1v) is 15.4. The summed E-state index contributed by atoms with van der Waals surface area (Å²) < 4.78 is 1.82. The lowest BCUT2D eigenvalue weighted by Gasteiger charge is -2.40. The molecule has 3 aliphatic rings. The number of halogens is 1. The van der Waals surface area contributed by atoms with Crippen molar-refractivity contribution < 1.29 is 14.4 Å². The van der Waals surface area contributed by atoms with Gasteiger partial charge in [-0.2, -0.15) is 5.10 Å². The lowest BCUT2D eigenvalue weighted by atomic mass is 9.85. The molecule has 1 aromatic heterocycles. The second-order valence-corrected chi connectivity index (χ2v) is 12.9. The molecule has 4 heterocycles. The maximum Gasteiger partial charge on any atom is 0.293 e. The molecule has 11 heteroatoms. The van der Waals surface area contributed by atoms with Crippen molar-refractivity contribution in [1.29, 1.82) is 0 Å². The van der Waals surface area contributed by atoms with Gasteiger partial charge in [0, 0.05) is 58.2 Å². The van der Waals surface area contributed by atoms with E-state index in [1.54, 1.807) is 13.2 Å². The highest BCUT2D eigenvalue weighted by Crippen LogP contribution is 2.33. The summed E-state index contributed by atoms with van der Waals surface area (Å²) in [4.78, 5) is 52.7. The van der Waals surface area contributed by atoms with Crippen molar-refractivity contribution in [2.24, 2.45) is 7.05 Å². The smallest absolute Gasteiger partial charge is 0.293 e. The largest absolute Gasteiger partial charge is 0.379 e. The fourth-order valence-electron chi connectivity index (χ4n) is 6.50. The average molecular weight is 648 g/mol. The molecule has 0 radical (unpaired) electrons. The highest BCUT2D eigenvalue weighted by atomic mass is 79.9. The van der Waals surface area contributed by atoms with Crippen molar-refractivity contribution in [3.63, 3.8) is 0 Å². The van der Waals surface area contributed by atoms with Gasteiger partial charge in [-0.1, -0.05) is 48.5 Å². The first-order valence-electron chi connectivity index (χ1n) is 14.6. The summed E-state index contributed by atoms with van der Waals surface area (Å²) in [7, 11) is 3.77. The van der Waals surface area contributed by atoms with Gasteiger partial charge < -0.3 is 10.2 Å². The highest BCUT2D eigenvalue weighted by molar-refractivity contribution is 9.10. The number of likely N-dealkylation sites (tertiary alicyclic amines) is 2. The Morgan fingerprint density at radius 2 is 1.67 bits per heavy atom. The highest BCUT2D eigenvalue weighted by Gasteiger charge is 2.35. The minimum Gasteiger partial charge on any atom is -0.379 e. The minimum absolute atomic E-state index is 0.0707. The van der Waals surface area contributed by atoms with Gasteiger partial charge in [0.2, 0.25) is 11.7 Å². The number of hydrogen-bond acceptors (Lipinski definition) is 8. The number of Topliss-reactive ketones (excluding diaryl/α,β-unsaturated/α-hetero) is 1. The van der Waals surface area contributed by atoms with Gasteiger partial charge in [0.15, 0.2) is 0 Å². The zero-order valence-corrected chi connectivity index (χ0v) is 25.8. The maximum absolute atomic E-state index is 12.3.